The molecule has 0 saturated heterocycles. The quantitative estimate of drug-likeness (QED) is 0.876. The number of halogens is 2. The van der Waals surface area contributed by atoms with Gasteiger partial charge in [0, 0.05) is 12.5 Å². The molecule has 0 aliphatic carbocycles. The Bertz CT molecular complexity index is 384. The van der Waals surface area contributed by atoms with E-state index in [9.17, 15) is 9.18 Å². The number of rotatable bonds is 5. The maximum atomic E-state index is 13.0. The number of hydrogen-bond donors (Lipinski definition) is 2. The number of hydrogen-bond acceptors (Lipinski definition) is 2. The van der Waals surface area contributed by atoms with Crippen LogP contribution in [0.15, 0.2) is 22.7 Å². The van der Waals surface area contributed by atoms with Gasteiger partial charge in [0.05, 0.1) is 4.47 Å². The summed E-state index contributed by atoms with van der Waals surface area (Å²) in [7, 11) is 0. The molecule has 0 spiro atoms. The highest BCUT2D eigenvalue weighted by Crippen LogP contribution is 2.22. The average molecular weight is 290 g/mol. The summed E-state index contributed by atoms with van der Waals surface area (Å²) in [6.45, 7) is 0. The zero-order valence-corrected chi connectivity index (χ0v) is 10.2. The lowest BCUT2D eigenvalue weighted by atomic mass is 10.0. The third-order valence-electron chi connectivity index (χ3n) is 2.28. The molecule has 88 valence electrons. The van der Waals surface area contributed by atoms with Crippen molar-refractivity contribution in [3.63, 3.8) is 0 Å². The Hall–Kier alpha value is -0.940. The minimum Gasteiger partial charge on any atom is -0.481 e. The highest BCUT2D eigenvalue weighted by Gasteiger charge is 2.09. The smallest absolute Gasteiger partial charge is 0.303 e. The average Bonchev–Trinajstić information content (AvgIpc) is 2.21. The first-order chi connectivity index (χ1) is 7.50. The molecule has 5 heteroatoms. The van der Waals surface area contributed by atoms with Gasteiger partial charge < -0.3 is 10.8 Å². The molecule has 0 aliphatic heterocycles. The minimum atomic E-state index is -0.826. The minimum absolute atomic E-state index is 0.107. The number of nitrogens with two attached hydrogens (primary N) is 1. The highest BCUT2D eigenvalue weighted by molar-refractivity contribution is 9.10. The van der Waals surface area contributed by atoms with Crippen LogP contribution in [-0.4, -0.2) is 11.1 Å². The van der Waals surface area contributed by atoms with Crippen LogP contribution >= 0.6 is 15.9 Å². The Morgan fingerprint density at radius 2 is 2.25 bits per heavy atom. The third kappa shape index (κ3) is 3.90. The van der Waals surface area contributed by atoms with E-state index >= 15 is 0 Å². The topological polar surface area (TPSA) is 63.3 Å². The predicted molar refractivity (Wildman–Crippen MR) is 62.5 cm³/mol. The first-order valence-electron chi connectivity index (χ1n) is 4.93. The van der Waals surface area contributed by atoms with Crippen LogP contribution in [0.3, 0.4) is 0 Å². The van der Waals surface area contributed by atoms with Crippen LogP contribution in [0.1, 0.15) is 30.9 Å². The van der Waals surface area contributed by atoms with Crippen molar-refractivity contribution in [3.05, 3.63) is 34.1 Å². The van der Waals surface area contributed by atoms with Gasteiger partial charge in [0.2, 0.25) is 0 Å². The van der Waals surface area contributed by atoms with Crippen LogP contribution in [0.4, 0.5) is 4.39 Å². The van der Waals surface area contributed by atoms with Crippen LogP contribution in [-0.2, 0) is 4.79 Å². The molecule has 1 aromatic carbocycles. The van der Waals surface area contributed by atoms with Gasteiger partial charge in [0.1, 0.15) is 5.82 Å². The standard InChI is InChI=1S/C11H13BrFNO2/c12-8-6-7(4-5-9(8)13)10(14)2-1-3-11(15)16/h4-6,10H,1-3,14H2,(H,15,16). The Morgan fingerprint density at radius 3 is 2.81 bits per heavy atom. The monoisotopic (exact) mass is 289 g/mol. The van der Waals surface area contributed by atoms with Crippen LogP contribution in [0.25, 0.3) is 0 Å². The van der Waals surface area contributed by atoms with Crippen molar-refractivity contribution in [2.75, 3.05) is 0 Å². The van der Waals surface area contributed by atoms with E-state index in [-0.39, 0.29) is 18.3 Å². The van der Waals surface area contributed by atoms with Crippen LogP contribution in [0, 0.1) is 5.82 Å². The SMILES string of the molecule is NC(CCCC(=O)O)c1ccc(F)c(Br)c1. The molecule has 3 nitrogen and oxygen atoms in total. The molecule has 0 aromatic heterocycles. The van der Waals surface area contributed by atoms with E-state index in [4.69, 9.17) is 10.8 Å². The first kappa shape index (κ1) is 13.1. The summed E-state index contributed by atoms with van der Waals surface area (Å²) >= 11 is 3.08. The summed E-state index contributed by atoms with van der Waals surface area (Å²) in [5, 5.41) is 8.48. The number of carboxylic acid groups (broad SMARTS) is 1. The number of benzene rings is 1. The molecule has 0 bridgehead atoms. The second-order valence-electron chi connectivity index (χ2n) is 3.57. The van der Waals surface area contributed by atoms with Gasteiger partial charge in [-0.25, -0.2) is 4.39 Å². The zero-order valence-electron chi connectivity index (χ0n) is 8.62. The van der Waals surface area contributed by atoms with Crippen molar-refractivity contribution in [2.45, 2.75) is 25.3 Å². The number of aliphatic carboxylic acids is 1. The van der Waals surface area contributed by atoms with Crippen LogP contribution in [0.2, 0.25) is 0 Å². The fourth-order valence-electron chi connectivity index (χ4n) is 1.38. The summed E-state index contributed by atoms with van der Waals surface area (Å²) in [6, 6.07) is 4.33. The fourth-order valence-corrected chi connectivity index (χ4v) is 1.78. The molecule has 0 radical (unpaired) electrons. The Kier molecular flexibility index (Phi) is 4.89. The second kappa shape index (κ2) is 5.96. The van der Waals surface area contributed by atoms with Gasteiger partial charge in [-0.2, -0.15) is 0 Å². The maximum Gasteiger partial charge on any atom is 0.303 e. The Morgan fingerprint density at radius 1 is 1.56 bits per heavy atom. The van der Waals surface area contributed by atoms with Gasteiger partial charge >= 0.3 is 5.97 Å². The van der Waals surface area contributed by atoms with E-state index in [0.29, 0.717) is 17.3 Å². The Balaban J connectivity index is 2.55. The van der Waals surface area contributed by atoms with Crippen molar-refractivity contribution in [1.82, 2.24) is 0 Å². The Labute approximate surface area is 102 Å². The molecule has 1 atom stereocenters. The van der Waals surface area contributed by atoms with Crippen molar-refractivity contribution >= 4 is 21.9 Å². The summed E-state index contributed by atoms with van der Waals surface area (Å²) < 4.78 is 13.3. The molecular formula is C11H13BrFNO2. The second-order valence-corrected chi connectivity index (χ2v) is 4.42. The van der Waals surface area contributed by atoms with Gasteiger partial charge in [0.25, 0.3) is 0 Å². The van der Waals surface area contributed by atoms with Gasteiger partial charge in [-0.3, -0.25) is 4.79 Å². The fraction of sp³-hybridized carbons (Fsp3) is 0.364. The highest BCUT2D eigenvalue weighted by atomic mass is 79.9. The maximum absolute atomic E-state index is 13.0. The van der Waals surface area contributed by atoms with Crippen molar-refractivity contribution in [2.24, 2.45) is 5.73 Å². The zero-order chi connectivity index (χ0) is 12.1. The van der Waals surface area contributed by atoms with Gasteiger partial charge in [0.15, 0.2) is 0 Å². The molecule has 16 heavy (non-hydrogen) atoms. The summed E-state index contributed by atoms with van der Waals surface area (Å²) in [4.78, 5) is 10.3. The molecule has 3 N–H and O–H groups in total. The van der Waals surface area contributed by atoms with E-state index in [1.54, 1.807) is 12.1 Å². The van der Waals surface area contributed by atoms with Crippen molar-refractivity contribution in [1.29, 1.82) is 0 Å². The molecule has 0 aliphatic rings. The molecule has 0 amide bonds. The normalized spacial score (nSPS) is 12.4. The van der Waals surface area contributed by atoms with Crippen LogP contribution in [0.5, 0.6) is 0 Å². The summed E-state index contributed by atoms with van der Waals surface area (Å²) in [5.41, 5.74) is 6.67. The molecule has 1 aromatic rings. The van der Waals surface area contributed by atoms with E-state index in [0.717, 1.165) is 5.56 Å². The molecule has 1 unspecified atom stereocenters. The first-order valence-corrected chi connectivity index (χ1v) is 5.72. The molecule has 0 saturated carbocycles. The van der Waals surface area contributed by atoms with E-state index in [1.807, 2.05) is 0 Å². The van der Waals surface area contributed by atoms with Crippen molar-refractivity contribution in [3.8, 4) is 0 Å². The molecule has 0 heterocycles. The van der Waals surface area contributed by atoms with Crippen molar-refractivity contribution < 1.29 is 14.3 Å². The van der Waals surface area contributed by atoms with Gasteiger partial charge in [-0.05, 0) is 46.5 Å². The predicted octanol–water partition coefficient (Wildman–Crippen LogP) is 2.84. The lowest BCUT2D eigenvalue weighted by Gasteiger charge is -2.11. The van der Waals surface area contributed by atoms with E-state index in [1.165, 1.54) is 6.07 Å². The van der Waals surface area contributed by atoms with Crippen LogP contribution < -0.4 is 5.73 Å². The summed E-state index contributed by atoms with van der Waals surface area (Å²) in [6.07, 6.45) is 1.20. The molecule has 1 rings (SSSR count). The third-order valence-corrected chi connectivity index (χ3v) is 2.89. The molecular weight excluding hydrogens is 277 g/mol. The lowest BCUT2D eigenvalue weighted by Crippen LogP contribution is -2.11. The van der Waals surface area contributed by atoms with E-state index < -0.39 is 5.97 Å². The van der Waals surface area contributed by atoms with Gasteiger partial charge in [-0.15, -0.1) is 0 Å². The van der Waals surface area contributed by atoms with E-state index in [2.05, 4.69) is 15.9 Å². The largest absolute Gasteiger partial charge is 0.481 e. The van der Waals surface area contributed by atoms with Gasteiger partial charge in [-0.1, -0.05) is 6.07 Å². The number of carbonyl (C=O) groups is 1. The molecule has 0 fully saturated rings. The summed E-state index contributed by atoms with van der Waals surface area (Å²) in [5.74, 6) is -1.16. The lowest BCUT2D eigenvalue weighted by molar-refractivity contribution is -0.137. The number of carboxylic acids is 1.